The van der Waals surface area contributed by atoms with E-state index in [4.69, 9.17) is 3.79 Å². The van der Waals surface area contributed by atoms with E-state index in [1.54, 1.807) is 0 Å². The largest absolute Gasteiger partial charge is 0.505 e. The van der Waals surface area contributed by atoms with E-state index in [1.807, 2.05) is 0 Å². The summed E-state index contributed by atoms with van der Waals surface area (Å²) >= 11 is 0.873. The van der Waals surface area contributed by atoms with Gasteiger partial charge in [-0.05, 0) is 13.1 Å². The second kappa shape index (κ2) is 6.57. The predicted octanol–water partition coefficient (Wildman–Crippen LogP) is -0.107. The van der Waals surface area contributed by atoms with Gasteiger partial charge < -0.3 is 8.69 Å². The average Bonchev–Trinajstić information content (AvgIpc) is 1.91. The monoisotopic (exact) mass is 145 g/mol. The minimum Gasteiger partial charge on any atom is -0.505 e. The lowest BCUT2D eigenvalue weighted by molar-refractivity contribution is 0.233. The van der Waals surface area contributed by atoms with Crippen LogP contribution in [0.15, 0.2) is 0 Å². The molecule has 0 amide bonds. The Morgan fingerprint density at radius 2 is 1.89 bits per heavy atom. The van der Waals surface area contributed by atoms with Crippen LogP contribution < -0.4 is 0 Å². The van der Waals surface area contributed by atoms with Gasteiger partial charge in [0, 0.05) is 13.2 Å². The van der Waals surface area contributed by atoms with Crippen molar-refractivity contribution >= 4 is 16.6 Å². The molecule has 0 atom stereocenters. The van der Waals surface area contributed by atoms with Crippen LogP contribution in [0.5, 0.6) is 0 Å². The SMILES string of the molecule is CCN(CC)CC[O][AlH2]. The van der Waals surface area contributed by atoms with Crippen LogP contribution >= 0.6 is 0 Å². The van der Waals surface area contributed by atoms with E-state index in [1.165, 1.54) is 0 Å². The van der Waals surface area contributed by atoms with Crippen LogP contribution in [0.3, 0.4) is 0 Å². The number of nitrogens with zero attached hydrogens (tertiary/aromatic N) is 1. The van der Waals surface area contributed by atoms with Crippen LogP contribution in [-0.4, -0.2) is 47.8 Å². The highest BCUT2D eigenvalue weighted by atomic mass is 27.1. The molecule has 0 aromatic heterocycles. The van der Waals surface area contributed by atoms with Gasteiger partial charge in [-0.1, -0.05) is 13.8 Å². The molecule has 3 heteroatoms. The Labute approximate surface area is 65.9 Å². The molecular weight excluding hydrogens is 129 g/mol. The highest BCUT2D eigenvalue weighted by molar-refractivity contribution is 5.97. The Balaban J connectivity index is 3.09. The first-order chi connectivity index (χ1) is 4.35. The third-order valence-corrected chi connectivity index (χ3v) is 1.91. The summed E-state index contributed by atoms with van der Waals surface area (Å²) in [5, 5.41) is 0. The van der Waals surface area contributed by atoms with Gasteiger partial charge in [0.15, 0.2) is 0 Å². The van der Waals surface area contributed by atoms with Crippen molar-refractivity contribution in [2.45, 2.75) is 13.8 Å². The maximum atomic E-state index is 5.07. The molecule has 0 radical (unpaired) electrons. The van der Waals surface area contributed by atoms with E-state index in [-0.39, 0.29) is 0 Å². The van der Waals surface area contributed by atoms with Gasteiger partial charge in [-0.25, -0.2) is 0 Å². The molecule has 0 aliphatic carbocycles. The van der Waals surface area contributed by atoms with E-state index < -0.39 is 0 Å². The molecule has 0 aromatic rings. The van der Waals surface area contributed by atoms with E-state index in [2.05, 4.69) is 18.7 Å². The van der Waals surface area contributed by atoms with Crippen molar-refractivity contribution in [3.63, 3.8) is 0 Å². The van der Waals surface area contributed by atoms with Crippen LogP contribution in [0, 0.1) is 0 Å². The van der Waals surface area contributed by atoms with Crippen LogP contribution in [0.2, 0.25) is 0 Å². The number of hydrogen-bond acceptors (Lipinski definition) is 2. The van der Waals surface area contributed by atoms with Gasteiger partial charge in [-0.3, -0.25) is 0 Å². The van der Waals surface area contributed by atoms with Gasteiger partial charge in [0.05, 0.1) is 0 Å². The highest BCUT2D eigenvalue weighted by Crippen LogP contribution is 1.84. The lowest BCUT2D eigenvalue weighted by atomic mass is 10.5. The van der Waals surface area contributed by atoms with Crippen molar-refractivity contribution < 1.29 is 3.79 Å². The van der Waals surface area contributed by atoms with E-state index >= 15 is 0 Å². The van der Waals surface area contributed by atoms with Crippen molar-refractivity contribution in [2.75, 3.05) is 26.2 Å². The Kier molecular flexibility index (Phi) is 6.90. The molecule has 0 heterocycles. The lowest BCUT2D eigenvalue weighted by Gasteiger charge is -2.16. The zero-order chi connectivity index (χ0) is 7.11. The van der Waals surface area contributed by atoms with Gasteiger partial charge in [0.1, 0.15) is 0 Å². The average molecular weight is 145 g/mol. The van der Waals surface area contributed by atoms with Gasteiger partial charge in [-0.15, -0.1) is 0 Å². The summed E-state index contributed by atoms with van der Waals surface area (Å²) in [7, 11) is 0. The first kappa shape index (κ1) is 9.45. The van der Waals surface area contributed by atoms with Crippen LogP contribution in [0.1, 0.15) is 13.8 Å². The summed E-state index contributed by atoms with van der Waals surface area (Å²) in [6.07, 6.45) is 0. The third kappa shape index (κ3) is 4.93. The first-order valence-electron chi connectivity index (χ1n) is 3.56. The summed E-state index contributed by atoms with van der Waals surface area (Å²) in [6, 6.07) is 0. The quantitative estimate of drug-likeness (QED) is 0.501. The molecule has 0 fully saturated rings. The standard InChI is InChI=1S/C6H14NO.Al.2H/c1-3-7(4-2)5-6-8;;;/h3-6H2,1-2H3;;;/q-1;+1;;. The normalized spacial score (nSPS) is 10.6. The Morgan fingerprint density at radius 1 is 1.33 bits per heavy atom. The summed E-state index contributed by atoms with van der Waals surface area (Å²) in [4.78, 5) is 2.36. The predicted molar refractivity (Wildman–Crippen MR) is 42.3 cm³/mol. The molecule has 0 aromatic carbocycles. The van der Waals surface area contributed by atoms with Crippen LogP contribution in [0.25, 0.3) is 0 Å². The molecule has 9 heavy (non-hydrogen) atoms. The zero-order valence-electron chi connectivity index (χ0n) is 6.68. The zero-order valence-corrected chi connectivity index (χ0v) is 8.68. The van der Waals surface area contributed by atoms with Crippen LogP contribution in [-0.2, 0) is 3.79 Å². The summed E-state index contributed by atoms with van der Waals surface area (Å²) in [6.45, 7) is 8.64. The maximum absolute atomic E-state index is 5.07. The van der Waals surface area contributed by atoms with E-state index in [9.17, 15) is 0 Å². The van der Waals surface area contributed by atoms with Crippen molar-refractivity contribution in [3.8, 4) is 0 Å². The molecule has 2 nitrogen and oxygen atoms in total. The summed E-state index contributed by atoms with van der Waals surface area (Å²) < 4.78 is 5.07. The van der Waals surface area contributed by atoms with Gasteiger partial charge >= 0.3 is 16.6 Å². The van der Waals surface area contributed by atoms with E-state index in [0.29, 0.717) is 0 Å². The second-order valence-corrected chi connectivity index (χ2v) is 2.60. The van der Waals surface area contributed by atoms with Gasteiger partial charge in [0.2, 0.25) is 0 Å². The topological polar surface area (TPSA) is 12.5 Å². The summed E-state index contributed by atoms with van der Waals surface area (Å²) in [5.41, 5.74) is 0. The van der Waals surface area contributed by atoms with Gasteiger partial charge in [-0.2, -0.15) is 0 Å². The molecule has 0 bridgehead atoms. The fourth-order valence-corrected chi connectivity index (χ4v) is 0.943. The van der Waals surface area contributed by atoms with Gasteiger partial charge in [0.25, 0.3) is 0 Å². The minimum atomic E-state index is 0.873. The fraction of sp³-hybridized carbons (Fsp3) is 1.00. The van der Waals surface area contributed by atoms with Crippen molar-refractivity contribution in [3.05, 3.63) is 0 Å². The second-order valence-electron chi connectivity index (χ2n) is 2.02. The van der Waals surface area contributed by atoms with Crippen molar-refractivity contribution in [1.82, 2.24) is 4.90 Å². The molecule has 0 rings (SSSR count). The van der Waals surface area contributed by atoms with E-state index in [0.717, 1.165) is 42.9 Å². The Morgan fingerprint density at radius 3 is 2.22 bits per heavy atom. The maximum Gasteiger partial charge on any atom is 0.410 e. The summed E-state index contributed by atoms with van der Waals surface area (Å²) in [5.74, 6) is 0. The molecule has 0 unspecified atom stereocenters. The van der Waals surface area contributed by atoms with Crippen LogP contribution in [0.4, 0.5) is 0 Å². The van der Waals surface area contributed by atoms with Crippen molar-refractivity contribution in [2.24, 2.45) is 0 Å². The number of likely N-dealkylation sites (N-methyl/N-ethyl adjacent to an activating group) is 1. The fourth-order valence-electron chi connectivity index (χ4n) is 0.760. The molecule has 54 valence electrons. The molecule has 0 aliphatic heterocycles. The molecule has 0 saturated carbocycles. The molecule has 0 saturated heterocycles. The first-order valence-corrected chi connectivity index (χ1v) is 4.38. The molecule has 0 spiro atoms. The molecular formula is C6H16AlNO. The number of rotatable bonds is 5. The molecule has 0 aliphatic rings. The Bertz CT molecular complexity index is 57.0. The Hall–Kier alpha value is 0.452. The smallest absolute Gasteiger partial charge is 0.410 e. The third-order valence-electron chi connectivity index (χ3n) is 1.51. The minimum absolute atomic E-state index is 0.873. The lowest BCUT2D eigenvalue weighted by Crippen LogP contribution is -2.26. The van der Waals surface area contributed by atoms with Crippen molar-refractivity contribution in [1.29, 1.82) is 0 Å². The number of hydrogen-bond donors (Lipinski definition) is 0. The highest BCUT2D eigenvalue weighted by Gasteiger charge is 1.94. The molecule has 0 N–H and O–H groups in total.